The molecule has 2 rings (SSSR count). The van der Waals surface area contributed by atoms with Crippen molar-refractivity contribution in [3.63, 3.8) is 0 Å². The molecule has 0 radical (unpaired) electrons. The van der Waals surface area contributed by atoms with E-state index in [1.807, 2.05) is 42.7 Å². The van der Waals surface area contributed by atoms with Gasteiger partial charge in [0.15, 0.2) is 6.61 Å². The van der Waals surface area contributed by atoms with Crippen molar-refractivity contribution in [2.24, 2.45) is 0 Å². The molecule has 1 unspecified atom stereocenters. The average molecular weight is 431 g/mol. The van der Waals surface area contributed by atoms with Crippen LogP contribution in [-0.2, 0) is 25.7 Å². The Hall–Kier alpha value is -3.00. The van der Waals surface area contributed by atoms with Crippen LogP contribution in [0.2, 0.25) is 0 Å². The van der Waals surface area contributed by atoms with Gasteiger partial charge in [0.25, 0.3) is 5.91 Å². The predicted octanol–water partition coefficient (Wildman–Crippen LogP) is 2.16. The van der Waals surface area contributed by atoms with Gasteiger partial charge in [-0.25, -0.2) is 0 Å². The van der Waals surface area contributed by atoms with Gasteiger partial charge < -0.3 is 20.1 Å². The molecule has 0 aliphatic heterocycles. The first-order chi connectivity index (χ1) is 14.6. The Kier molecular flexibility index (Phi) is 10.3. The van der Waals surface area contributed by atoms with Crippen LogP contribution in [0, 0.1) is 0 Å². The van der Waals surface area contributed by atoms with Gasteiger partial charge in [0.05, 0.1) is 0 Å². The first-order valence-electron chi connectivity index (χ1n) is 9.52. The standard InChI is InChI=1S/C22H26N2O5S/c1-30-13-12-19(24-20(25)16-28-18-10-6-3-7-11-18)22(27)23-14-21(26)29-15-17-8-4-2-5-9-17/h2-11,19H,12-16H2,1H3,(H,23,27)(H,24,25). The van der Waals surface area contributed by atoms with Gasteiger partial charge in [0.1, 0.15) is 24.9 Å². The lowest BCUT2D eigenvalue weighted by molar-refractivity contribution is -0.145. The van der Waals surface area contributed by atoms with Crippen molar-refractivity contribution in [2.75, 3.05) is 25.2 Å². The van der Waals surface area contributed by atoms with E-state index in [0.717, 1.165) is 5.56 Å². The molecule has 2 N–H and O–H groups in total. The van der Waals surface area contributed by atoms with Crippen LogP contribution in [0.25, 0.3) is 0 Å². The van der Waals surface area contributed by atoms with E-state index in [0.29, 0.717) is 17.9 Å². The molecule has 2 amide bonds. The van der Waals surface area contributed by atoms with Gasteiger partial charge >= 0.3 is 5.97 Å². The first-order valence-corrected chi connectivity index (χ1v) is 10.9. The largest absolute Gasteiger partial charge is 0.484 e. The molecule has 2 aromatic carbocycles. The summed E-state index contributed by atoms with van der Waals surface area (Å²) in [6.07, 6.45) is 2.35. The van der Waals surface area contributed by atoms with E-state index in [1.54, 1.807) is 36.0 Å². The van der Waals surface area contributed by atoms with Gasteiger partial charge in [-0.05, 0) is 36.1 Å². The summed E-state index contributed by atoms with van der Waals surface area (Å²) in [7, 11) is 0. The lowest BCUT2D eigenvalue weighted by Gasteiger charge is -2.18. The van der Waals surface area contributed by atoms with E-state index in [9.17, 15) is 14.4 Å². The van der Waals surface area contributed by atoms with Gasteiger partial charge in [-0.15, -0.1) is 0 Å². The summed E-state index contributed by atoms with van der Waals surface area (Å²) in [5.74, 6) is -0.148. The van der Waals surface area contributed by atoms with Crippen molar-refractivity contribution in [1.29, 1.82) is 0 Å². The van der Waals surface area contributed by atoms with Crippen molar-refractivity contribution in [2.45, 2.75) is 19.1 Å². The number of benzene rings is 2. The smallest absolute Gasteiger partial charge is 0.325 e. The number of ether oxygens (including phenoxy) is 2. The molecule has 7 nitrogen and oxygen atoms in total. The second-order valence-electron chi connectivity index (χ2n) is 6.37. The highest BCUT2D eigenvalue weighted by Gasteiger charge is 2.21. The molecule has 0 spiro atoms. The highest BCUT2D eigenvalue weighted by atomic mass is 32.2. The Morgan fingerprint density at radius 1 is 1.00 bits per heavy atom. The van der Waals surface area contributed by atoms with Crippen molar-refractivity contribution < 1.29 is 23.9 Å². The van der Waals surface area contributed by atoms with Crippen LogP contribution in [0.3, 0.4) is 0 Å². The van der Waals surface area contributed by atoms with E-state index >= 15 is 0 Å². The third-order valence-corrected chi connectivity index (χ3v) is 4.67. The van der Waals surface area contributed by atoms with Crippen LogP contribution in [0.1, 0.15) is 12.0 Å². The number of hydrogen-bond acceptors (Lipinski definition) is 6. The Morgan fingerprint density at radius 3 is 2.33 bits per heavy atom. The minimum atomic E-state index is -0.758. The van der Waals surface area contributed by atoms with Gasteiger partial charge in [-0.1, -0.05) is 48.5 Å². The highest BCUT2D eigenvalue weighted by molar-refractivity contribution is 7.98. The number of nitrogens with one attached hydrogen (secondary N) is 2. The Balaban J connectivity index is 1.77. The summed E-state index contributed by atoms with van der Waals surface area (Å²) < 4.78 is 10.5. The number of esters is 1. The summed E-state index contributed by atoms with van der Waals surface area (Å²) >= 11 is 1.56. The molecule has 0 fully saturated rings. The fourth-order valence-electron chi connectivity index (χ4n) is 2.48. The third-order valence-electron chi connectivity index (χ3n) is 4.03. The summed E-state index contributed by atoms with van der Waals surface area (Å²) in [5.41, 5.74) is 0.862. The quantitative estimate of drug-likeness (QED) is 0.501. The second kappa shape index (κ2) is 13.3. The van der Waals surface area contributed by atoms with E-state index in [2.05, 4.69) is 10.6 Å². The number of carbonyl (C=O) groups is 3. The topological polar surface area (TPSA) is 93.7 Å². The van der Waals surface area contributed by atoms with Crippen LogP contribution >= 0.6 is 11.8 Å². The van der Waals surface area contributed by atoms with Crippen LogP contribution < -0.4 is 15.4 Å². The summed E-state index contributed by atoms with van der Waals surface area (Å²) in [5, 5.41) is 5.19. The fraction of sp³-hybridized carbons (Fsp3) is 0.318. The van der Waals surface area contributed by atoms with Crippen LogP contribution in [0.15, 0.2) is 60.7 Å². The lowest BCUT2D eigenvalue weighted by Crippen LogP contribution is -2.49. The second-order valence-corrected chi connectivity index (χ2v) is 7.35. The number of hydrogen-bond donors (Lipinski definition) is 2. The highest BCUT2D eigenvalue weighted by Crippen LogP contribution is 2.08. The van der Waals surface area contributed by atoms with E-state index < -0.39 is 23.8 Å². The van der Waals surface area contributed by atoms with Crippen LogP contribution in [0.5, 0.6) is 5.75 Å². The maximum Gasteiger partial charge on any atom is 0.325 e. The minimum Gasteiger partial charge on any atom is -0.484 e. The zero-order valence-electron chi connectivity index (χ0n) is 16.8. The number of carbonyl (C=O) groups excluding carboxylic acids is 3. The Morgan fingerprint density at radius 2 is 1.67 bits per heavy atom. The summed E-state index contributed by atoms with van der Waals surface area (Å²) in [6, 6.07) is 17.5. The maximum atomic E-state index is 12.5. The molecule has 0 saturated carbocycles. The number of rotatable bonds is 12. The molecule has 2 aromatic rings. The molecule has 0 aliphatic carbocycles. The van der Waals surface area contributed by atoms with Gasteiger partial charge in [0.2, 0.25) is 5.91 Å². The molecule has 0 saturated heterocycles. The number of amides is 2. The minimum absolute atomic E-state index is 0.138. The summed E-state index contributed by atoms with van der Waals surface area (Å²) in [4.78, 5) is 36.5. The Labute approximate surface area is 180 Å². The molecule has 0 aliphatic rings. The van der Waals surface area contributed by atoms with Crippen molar-refractivity contribution in [3.8, 4) is 5.75 Å². The monoisotopic (exact) mass is 430 g/mol. The molecule has 0 heterocycles. The van der Waals surface area contributed by atoms with Crippen molar-refractivity contribution >= 4 is 29.5 Å². The van der Waals surface area contributed by atoms with Gasteiger partial charge in [-0.3, -0.25) is 14.4 Å². The van der Waals surface area contributed by atoms with Crippen molar-refractivity contribution in [3.05, 3.63) is 66.2 Å². The van der Waals surface area contributed by atoms with Gasteiger partial charge in [0, 0.05) is 0 Å². The molecule has 160 valence electrons. The van der Waals surface area contributed by atoms with Crippen molar-refractivity contribution in [1.82, 2.24) is 10.6 Å². The fourth-order valence-corrected chi connectivity index (χ4v) is 2.95. The maximum absolute atomic E-state index is 12.5. The lowest BCUT2D eigenvalue weighted by atomic mass is 10.2. The first kappa shape index (κ1) is 23.3. The number of thioether (sulfide) groups is 1. The molecule has 30 heavy (non-hydrogen) atoms. The summed E-state index contributed by atoms with van der Waals surface area (Å²) in [6.45, 7) is -0.330. The molecular weight excluding hydrogens is 404 g/mol. The number of para-hydroxylation sites is 1. The van der Waals surface area contributed by atoms with E-state index in [1.165, 1.54) is 0 Å². The normalized spacial score (nSPS) is 11.2. The molecule has 0 bridgehead atoms. The van der Waals surface area contributed by atoms with Crippen LogP contribution in [-0.4, -0.2) is 49.0 Å². The molecule has 8 heteroatoms. The van der Waals surface area contributed by atoms with Gasteiger partial charge in [-0.2, -0.15) is 11.8 Å². The van der Waals surface area contributed by atoms with E-state index in [4.69, 9.17) is 9.47 Å². The van der Waals surface area contributed by atoms with Crippen LogP contribution in [0.4, 0.5) is 0 Å². The SMILES string of the molecule is CSCCC(NC(=O)COc1ccccc1)C(=O)NCC(=O)OCc1ccccc1. The zero-order valence-corrected chi connectivity index (χ0v) is 17.7. The predicted molar refractivity (Wildman–Crippen MR) is 116 cm³/mol. The van der Waals surface area contributed by atoms with E-state index in [-0.39, 0.29) is 19.8 Å². The molecular formula is C22H26N2O5S. The molecule has 1 atom stereocenters. The average Bonchev–Trinajstić information content (AvgIpc) is 2.78. The Bertz CT molecular complexity index is 802. The third kappa shape index (κ3) is 9.00. The molecule has 0 aromatic heterocycles. The zero-order chi connectivity index (χ0) is 21.6.